The average Bonchev–Trinajstić information content (AvgIpc) is 3.17. The molecular formula is C23H27F3N4O. The van der Waals surface area contributed by atoms with Crippen molar-refractivity contribution in [3.8, 4) is 0 Å². The highest BCUT2D eigenvalue weighted by atomic mass is 19.4. The summed E-state index contributed by atoms with van der Waals surface area (Å²) in [6, 6.07) is 13.1. The number of aromatic amines is 1. The van der Waals surface area contributed by atoms with Gasteiger partial charge in [0.1, 0.15) is 5.69 Å². The molecule has 0 saturated carbocycles. The van der Waals surface area contributed by atoms with Crippen molar-refractivity contribution >= 4 is 16.8 Å². The average molecular weight is 432 g/mol. The molecule has 0 spiro atoms. The Balaban J connectivity index is 1.42. The maximum absolute atomic E-state index is 12.8. The van der Waals surface area contributed by atoms with Crippen molar-refractivity contribution in [3.05, 3.63) is 70.9 Å². The van der Waals surface area contributed by atoms with Crippen molar-refractivity contribution in [1.82, 2.24) is 15.2 Å². The summed E-state index contributed by atoms with van der Waals surface area (Å²) in [7, 11) is 1.99. The third-order valence-corrected chi connectivity index (χ3v) is 5.24. The number of H-pyrrole nitrogens is 1. The van der Waals surface area contributed by atoms with Crippen LogP contribution in [0.4, 0.5) is 13.2 Å². The number of nitrogens with two attached hydrogens (primary N) is 1. The molecule has 3 aromatic rings. The van der Waals surface area contributed by atoms with Gasteiger partial charge in [0, 0.05) is 30.5 Å². The number of hydrogen-bond acceptors (Lipinski definition) is 3. The zero-order chi connectivity index (χ0) is 22.4. The monoisotopic (exact) mass is 432 g/mol. The molecule has 0 aliphatic heterocycles. The first kappa shape index (κ1) is 22.8. The lowest BCUT2D eigenvalue weighted by Crippen LogP contribution is -2.33. The van der Waals surface area contributed by atoms with E-state index in [2.05, 4.69) is 27.3 Å². The normalized spacial score (nSPS) is 11.9. The van der Waals surface area contributed by atoms with Crippen LogP contribution in [-0.4, -0.2) is 42.5 Å². The lowest BCUT2D eigenvalue weighted by Gasteiger charge is -2.16. The molecule has 1 amide bonds. The summed E-state index contributed by atoms with van der Waals surface area (Å²) in [5.41, 5.74) is 8.00. The highest BCUT2D eigenvalue weighted by Gasteiger charge is 2.30. The highest BCUT2D eigenvalue weighted by molar-refractivity contribution is 5.98. The second-order valence-electron chi connectivity index (χ2n) is 7.67. The fourth-order valence-corrected chi connectivity index (χ4v) is 3.39. The van der Waals surface area contributed by atoms with E-state index in [-0.39, 0.29) is 11.6 Å². The van der Waals surface area contributed by atoms with Gasteiger partial charge < -0.3 is 20.9 Å². The molecule has 2 aromatic carbocycles. The predicted molar refractivity (Wildman–Crippen MR) is 116 cm³/mol. The van der Waals surface area contributed by atoms with Gasteiger partial charge in [0.15, 0.2) is 0 Å². The number of hydrogen-bond donors (Lipinski definition) is 3. The SMILES string of the molecule is CN(CCCc1ccc(CN)cc1)CCNC(=O)c1cc2cc(C(F)(F)F)ccc2[nH]1. The minimum absolute atomic E-state index is 0.248. The molecule has 4 N–H and O–H groups in total. The molecule has 0 aliphatic rings. The molecule has 0 fully saturated rings. The van der Waals surface area contributed by atoms with Gasteiger partial charge in [-0.25, -0.2) is 0 Å². The summed E-state index contributed by atoms with van der Waals surface area (Å²) >= 11 is 0. The summed E-state index contributed by atoms with van der Waals surface area (Å²) in [5, 5.41) is 3.17. The van der Waals surface area contributed by atoms with Crippen LogP contribution in [0, 0.1) is 0 Å². The van der Waals surface area contributed by atoms with E-state index < -0.39 is 11.7 Å². The summed E-state index contributed by atoms with van der Waals surface area (Å²) in [5.74, 6) is -0.335. The molecule has 0 unspecified atom stereocenters. The van der Waals surface area contributed by atoms with E-state index in [1.807, 2.05) is 19.2 Å². The van der Waals surface area contributed by atoms with Crippen molar-refractivity contribution in [2.75, 3.05) is 26.7 Å². The van der Waals surface area contributed by atoms with Gasteiger partial charge in [-0.1, -0.05) is 24.3 Å². The molecule has 1 heterocycles. The van der Waals surface area contributed by atoms with Crippen molar-refractivity contribution in [1.29, 1.82) is 0 Å². The fraction of sp³-hybridized carbons (Fsp3) is 0.348. The molecule has 0 aliphatic carbocycles. The van der Waals surface area contributed by atoms with Crippen LogP contribution in [0.25, 0.3) is 10.9 Å². The smallest absolute Gasteiger partial charge is 0.351 e. The van der Waals surface area contributed by atoms with Crippen LogP contribution in [0.3, 0.4) is 0 Å². The molecule has 166 valence electrons. The highest BCUT2D eigenvalue weighted by Crippen LogP contribution is 2.31. The third-order valence-electron chi connectivity index (χ3n) is 5.24. The number of carbonyl (C=O) groups excluding carboxylic acids is 1. The topological polar surface area (TPSA) is 74.2 Å². The number of nitrogens with one attached hydrogen (secondary N) is 2. The zero-order valence-electron chi connectivity index (χ0n) is 17.4. The Morgan fingerprint density at radius 2 is 1.77 bits per heavy atom. The third kappa shape index (κ3) is 6.32. The minimum atomic E-state index is -4.41. The first-order valence-electron chi connectivity index (χ1n) is 10.2. The number of amides is 1. The molecule has 0 saturated heterocycles. The van der Waals surface area contributed by atoms with E-state index in [0.29, 0.717) is 30.5 Å². The summed E-state index contributed by atoms with van der Waals surface area (Å²) in [6.45, 7) is 2.56. The summed E-state index contributed by atoms with van der Waals surface area (Å²) in [6.07, 6.45) is -2.45. The van der Waals surface area contributed by atoms with E-state index in [9.17, 15) is 18.0 Å². The Bertz CT molecular complexity index is 1010. The summed E-state index contributed by atoms with van der Waals surface area (Å²) in [4.78, 5) is 17.3. The Morgan fingerprint density at radius 3 is 2.45 bits per heavy atom. The van der Waals surface area contributed by atoms with E-state index in [4.69, 9.17) is 5.73 Å². The van der Waals surface area contributed by atoms with E-state index >= 15 is 0 Å². The van der Waals surface area contributed by atoms with Crippen LogP contribution < -0.4 is 11.1 Å². The van der Waals surface area contributed by atoms with Gasteiger partial charge in [-0.3, -0.25) is 4.79 Å². The van der Waals surface area contributed by atoms with Crippen LogP contribution in [0.2, 0.25) is 0 Å². The van der Waals surface area contributed by atoms with Gasteiger partial charge in [-0.05, 0) is 61.8 Å². The fourth-order valence-electron chi connectivity index (χ4n) is 3.39. The van der Waals surface area contributed by atoms with Crippen molar-refractivity contribution in [2.45, 2.75) is 25.6 Å². The van der Waals surface area contributed by atoms with Crippen molar-refractivity contribution in [3.63, 3.8) is 0 Å². The zero-order valence-corrected chi connectivity index (χ0v) is 17.4. The standard InChI is InChI=1S/C23H27F3N4O/c1-30(11-2-3-16-4-6-17(15-27)7-5-16)12-10-28-22(31)21-14-18-13-19(23(24,25)26)8-9-20(18)29-21/h4-9,13-14,29H,2-3,10-12,15,27H2,1H3,(H,28,31). The van der Waals surface area contributed by atoms with Crippen molar-refractivity contribution < 1.29 is 18.0 Å². The number of benzene rings is 2. The van der Waals surface area contributed by atoms with Crippen LogP contribution in [0.5, 0.6) is 0 Å². The number of halogens is 3. The molecule has 0 atom stereocenters. The Labute approximate surface area is 179 Å². The van der Waals surface area contributed by atoms with Gasteiger partial charge in [-0.2, -0.15) is 13.2 Å². The van der Waals surface area contributed by atoms with Gasteiger partial charge in [0.25, 0.3) is 5.91 Å². The van der Waals surface area contributed by atoms with Crippen LogP contribution in [0.15, 0.2) is 48.5 Å². The second kappa shape index (κ2) is 9.98. The van der Waals surface area contributed by atoms with E-state index in [1.54, 1.807) is 0 Å². The number of aromatic nitrogens is 1. The number of nitrogens with zero attached hydrogens (tertiary/aromatic N) is 1. The van der Waals surface area contributed by atoms with Crippen LogP contribution in [-0.2, 0) is 19.1 Å². The number of aryl methyl sites for hydroxylation is 1. The first-order valence-corrected chi connectivity index (χ1v) is 10.2. The van der Waals surface area contributed by atoms with Gasteiger partial charge in [0.2, 0.25) is 0 Å². The number of likely N-dealkylation sites (N-methyl/N-ethyl adjacent to an activating group) is 1. The first-order chi connectivity index (χ1) is 14.8. The van der Waals surface area contributed by atoms with Crippen LogP contribution in [0.1, 0.15) is 33.6 Å². The maximum Gasteiger partial charge on any atom is 0.416 e. The molecule has 3 rings (SSSR count). The lowest BCUT2D eigenvalue weighted by molar-refractivity contribution is -0.137. The molecule has 31 heavy (non-hydrogen) atoms. The molecule has 1 aromatic heterocycles. The number of fused-ring (bicyclic) bond motifs is 1. The maximum atomic E-state index is 12.8. The lowest BCUT2D eigenvalue weighted by atomic mass is 10.1. The molecule has 0 radical (unpaired) electrons. The Hall–Kier alpha value is -2.84. The van der Waals surface area contributed by atoms with Crippen molar-refractivity contribution in [2.24, 2.45) is 5.73 Å². The second-order valence-corrected chi connectivity index (χ2v) is 7.67. The summed E-state index contributed by atoms with van der Waals surface area (Å²) < 4.78 is 38.5. The Morgan fingerprint density at radius 1 is 1.06 bits per heavy atom. The quantitative estimate of drug-likeness (QED) is 0.480. The minimum Gasteiger partial charge on any atom is -0.351 e. The number of carbonyl (C=O) groups is 1. The van der Waals surface area contributed by atoms with Gasteiger partial charge in [-0.15, -0.1) is 0 Å². The van der Waals surface area contributed by atoms with Crippen LogP contribution >= 0.6 is 0 Å². The van der Waals surface area contributed by atoms with E-state index in [0.717, 1.165) is 37.1 Å². The number of rotatable bonds is 9. The molecule has 5 nitrogen and oxygen atoms in total. The molecule has 8 heteroatoms. The van der Waals surface area contributed by atoms with Gasteiger partial charge in [0.05, 0.1) is 5.56 Å². The van der Waals surface area contributed by atoms with Gasteiger partial charge >= 0.3 is 6.18 Å². The van der Waals surface area contributed by atoms with E-state index in [1.165, 1.54) is 17.7 Å². The Kier molecular flexibility index (Phi) is 7.35. The largest absolute Gasteiger partial charge is 0.416 e. The number of alkyl halides is 3. The molecular weight excluding hydrogens is 405 g/mol. The predicted octanol–water partition coefficient (Wildman–Crippen LogP) is 3.94. The molecule has 0 bridgehead atoms.